The molecule has 0 aliphatic rings. The molecule has 0 bridgehead atoms. The van der Waals surface area contributed by atoms with Crippen molar-refractivity contribution in [1.82, 2.24) is 0 Å². The van der Waals surface area contributed by atoms with Gasteiger partial charge in [-0.1, -0.05) is 44.2 Å². The highest BCUT2D eigenvalue weighted by atomic mass is 19.4. The van der Waals surface area contributed by atoms with Crippen molar-refractivity contribution in [2.45, 2.75) is 39.3 Å². The van der Waals surface area contributed by atoms with E-state index >= 15 is 0 Å². The number of hydrogen-bond donors (Lipinski definition) is 1. The Bertz CT molecular complexity index is 843. The molecule has 0 unspecified atom stereocenters. The first-order valence-electron chi connectivity index (χ1n) is 8.79. The number of alkyl halides is 3. The van der Waals surface area contributed by atoms with Gasteiger partial charge < -0.3 is 10.1 Å². The first-order valence-corrected chi connectivity index (χ1v) is 8.79. The fourth-order valence-electron chi connectivity index (χ4n) is 2.69. The van der Waals surface area contributed by atoms with E-state index in [0.29, 0.717) is 11.3 Å². The number of rotatable bonds is 6. The fraction of sp³-hybridized carbons (Fsp3) is 0.333. The number of esters is 1. The largest absolute Gasteiger partial charge is 0.455 e. The molecular formula is C21H22F3NO3. The van der Waals surface area contributed by atoms with Gasteiger partial charge in [0, 0.05) is 5.69 Å². The van der Waals surface area contributed by atoms with Gasteiger partial charge in [-0.15, -0.1) is 0 Å². The predicted molar refractivity (Wildman–Crippen MR) is 100 cm³/mol. The summed E-state index contributed by atoms with van der Waals surface area (Å²) in [6.07, 6.45) is -4.64. The van der Waals surface area contributed by atoms with Crippen molar-refractivity contribution in [3.8, 4) is 0 Å². The SMILES string of the molecule is Cc1cccc(C(C)C)c1NC(=O)COC(=O)Cc1ccc(C(F)(F)F)cc1. The van der Waals surface area contributed by atoms with E-state index in [-0.39, 0.29) is 12.3 Å². The number of halogens is 3. The molecule has 0 aromatic heterocycles. The van der Waals surface area contributed by atoms with E-state index in [4.69, 9.17) is 4.74 Å². The van der Waals surface area contributed by atoms with Gasteiger partial charge in [0.1, 0.15) is 0 Å². The third-order valence-corrected chi connectivity index (χ3v) is 4.19. The molecule has 0 aliphatic carbocycles. The summed E-state index contributed by atoms with van der Waals surface area (Å²) < 4.78 is 42.6. The van der Waals surface area contributed by atoms with Crippen molar-refractivity contribution in [3.05, 3.63) is 64.7 Å². The van der Waals surface area contributed by atoms with Gasteiger partial charge in [-0.3, -0.25) is 9.59 Å². The van der Waals surface area contributed by atoms with Gasteiger partial charge >= 0.3 is 12.1 Å². The summed E-state index contributed by atoms with van der Waals surface area (Å²) in [5, 5.41) is 2.76. The zero-order valence-corrected chi connectivity index (χ0v) is 15.9. The Morgan fingerprint density at radius 2 is 1.71 bits per heavy atom. The lowest BCUT2D eigenvalue weighted by atomic mass is 9.98. The molecule has 0 heterocycles. The van der Waals surface area contributed by atoms with Crippen LogP contribution in [0.4, 0.5) is 18.9 Å². The van der Waals surface area contributed by atoms with Gasteiger partial charge in [0.05, 0.1) is 12.0 Å². The smallest absolute Gasteiger partial charge is 0.416 e. The van der Waals surface area contributed by atoms with E-state index in [0.717, 1.165) is 23.3 Å². The molecule has 28 heavy (non-hydrogen) atoms. The average molecular weight is 393 g/mol. The van der Waals surface area contributed by atoms with Crippen molar-refractivity contribution in [3.63, 3.8) is 0 Å². The van der Waals surface area contributed by atoms with Crippen LogP contribution in [0.25, 0.3) is 0 Å². The molecule has 0 saturated carbocycles. The number of benzene rings is 2. The van der Waals surface area contributed by atoms with Crippen LogP contribution >= 0.6 is 0 Å². The molecule has 0 spiro atoms. The highest BCUT2D eigenvalue weighted by molar-refractivity contribution is 5.94. The number of amides is 1. The Hall–Kier alpha value is -2.83. The van der Waals surface area contributed by atoms with Gasteiger partial charge in [-0.25, -0.2) is 0 Å². The standard InChI is InChI=1S/C21H22F3NO3/c1-13(2)17-6-4-5-14(3)20(17)25-18(26)12-28-19(27)11-15-7-9-16(10-8-15)21(22,23)24/h4-10,13H,11-12H2,1-3H3,(H,25,26). The van der Waals surface area contributed by atoms with E-state index in [2.05, 4.69) is 5.32 Å². The highest BCUT2D eigenvalue weighted by Crippen LogP contribution is 2.29. The second kappa shape index (κ2) is 8.91. The molecule has 7 heteroatoms. The monoisotopic (exact) mass is 393 g/mol. The molecule has 1 amide bonds. The normalized spacial score (nSPS) is 11.4. The van der Waals surface area contributed by atoms with Gasteiger partial charge in [-0.05, 0) is 41.7 Å². The van der Waals surface area contributed by atoms with Gasteiger partial charge in [0.25, 0.3) is 5.91 Å². The Morgan fingerprint density at radius 3 is 2.29 bits per heavy atom. The van der Waals surface area contributed by atoms with Crippen LogP contribution in [0.15, 0.2) is 42.5 Å². The van der Waals surface area contributed by atoms with Crippen molar-refractivity contribution in [2.75, 3.05) is 11.9 Å². The second-order valence-electron chi connectivity index (χ2n) is 6.77. The predicted octanol–water partition coefficient (Wildman–Crippen LogP) is 4.86. The molecule has 0 fully saturated rings. The molecule has 2 rings (SSSR count). The summed E-state index contributed by atoms with van der Waals surface area (Å²) in [6.45, 7) is 5.42. The molecular weight excluding hydrogens is 371 g/mol. The minimum atomic E-state index is -4.43. The fourth-order valence-corrected chi connectivity index (χ4v) is 2.69. The number of carbonyl (C=O) groups excluding carboxylic acids is 2. The molecule has 4 nitrogen and oxygen atoms in total. The van der Waals surface area contributed by atoms with Crippen molar-refractivity contribution >= 4 is 17.6 Å². The average Bonchev–Trinajstić information content (AvgIpc) is 2.61. The number of nitrogens with one attached hydrogen (secondary N) is 1. The first-order chi connectivity index (χ1) is 13.1. The summed E-state index contributed by atoms with van der Waals surface area (Å²) in [4.78, 5) is 24.0. The zero-order chi connectivity index (χ0) is 20.9. The number of anilines is 1. The van der Waals surface area contributed by atoms with E-state index < -0.39 is 30.2 Å². The van der Waals surface area contributed by atoms with E-state index in [1.54, 1.807) is 0 Å². The third-order valence-electron chi connectivity index (χ3n) is 4.19. The number of carbonyl (C=O) groups is 2. The Labute approximate surface area is 161 Å². The van der Waals surface area contributed by atoms with Crippen LogP contribution in [-0.2, 0) is 26.9 Å². The molecule has 2 aromatic rings. The van der Waals surface area contributed by atoms with E-state index in [9.17, 15) is 22.8 Å². The molecule has 0 atom stereocenters. The van der Waals surface area contributed by atoms with Crippen LogP contribution in [0.1, 0.15) is 42.0 Å². The number of hydrogen-bond acceptors (Lipinski definition) is 3. The number of ether oxygens (including phenoxy) is 1. The van der Waals surface area contributed by atoms with Gasteiger partial charge in [0.15, 0.2) is 6.61 Å². The molecule has 0 radical (unpaired) electrons. The van der Waals surface area contributed by atoms with Crippen LogP contribution in [0.5, 0.6) is 0 Å². The van der Waals surface area contributed by atoms with Gasteiger partial charge in [0.2, 0.25) is 0 Å². The van der Waals surface area contributed by atoms with Crippen LogP contribution in [0.3, 0.4) is 0 Å². The van der Waals surface area contributed by atoms with Crippen LogP contribution in [0.2, 0.25) is 0 Å². The van der Waals surface area contributed by atoms with Gasteiger partial charge in [-0.2, -0.15) is 13.2 Å². The number of para-hydroxylation sites is 1. The van der Waals surface area contributed by atoms with Crippen molar-refractivity contribution in [1.29, 1.82) is 0 Å². The lowest BCUT2D eigenvalue weighted by Gasteiger charge is -2.16. The van der Waals surface area contributed by atoms with Crippen LogP contribution in [0, 0.1) is 6.92 Å². The summed E-state index contributed by atoms with van der Waals surface area (Å²) in [6, 6.07) is 9.94. The summed E-state index contributed by atoms with van der Waals surface area (Å²) >= 11 is 0. The topological polar surface area (TPSA) is 55.4 Å². The Kier molecular flexibility index (Phi) is 6.83. The molecule has 0 saturated heterocycles. The number of aryl methyl sites for hydroxylation is 1. The lowest BCUT2D eigenvalue weighted by molar-refractivity contribution is -0.146. The van der Waals surface area contributed by atoms with E-state index in [1.807, 2.05) is 39.0 Å². The maximum absolute atomic E-state index is 12.5. The quantitative estimate of drug-likeness (QED) is 0.713. The Balaban J connectivity index is 1.90. The molecule has 2 aromatic carbocycles. The molecule has 1 N–H and O–H groups in total. The minimum Gasteiger partial charge on any atom is -0.455 e. The molecule has 0 aliphatic heterocycles. The summed E-state index contributed by atoms with van der Waals surface area (Å²) in [5.74, 6) is -0.960. The summed E-state index contributed by atoms with van der Waals surface area (Å²) in [5.41, 5.74) is 2.16. The summed E-state index contributed by atoms with van der Waals surface area (Å²) in [7, 11) is 0. The maximum Gasteiger partial charge on any atom is 0.416 e. The van der Waals surface area contributed by atoms with Crippen molar-refractivity contribution in [2.24, 2.45) is 0 Å². The first kappa shape index (κ1) is 21.5. The Morgan fingerprint density at radius 1 is 1.07 bits per heavy atom. The zero-order valence-electron chi connectivity index (χ0n) is 15.9. The highest BCUT2D eigenvalue weighted by Gasteiger charge is 2.30. The molecule has 150 valence electrons. The minimum absolute atomic E-state index is 0.206. The maximum atomic E-state index is 12.5. The van der Waals surface area contributed by atoms with Crippen molar-refractivity contribution < 1.29 is 27.5 Å². The van der Waals surface area contributed by atoms with E-state index in [1.165, 1.54) is 12.1 Å². The third kappa shape index (κ3) is 5.84. The lowest BCUT2D eigenvalue weighted by Crippen LogP contribution is -2.23. The van der Waals surface area contributed by atoms with Crippen LogP contribution < -0.4 is 5.32 Å². The van der Waals surface area contributed by atoms with Crippen LogP contribution in [-0.4, -0.2) is 18.5 Å². The second-order valence-corrected chi connectivity index (χ2v) is 6.77.